The van der Waals surface area contributed by atoms with Crippen LogP contribution in [0.2, 0.25) is 0 Å². The number of nitrogens with zero attached hydrogens (tertiary/aromatic N) is 1. The van der Waals surface area contributed by atoms with E-state index in [-0.39, 0.29) is 25.4 Å². The number of ether oxygens (including phenoxy) is 1. The van der Waals surface area contributed by atoms with Crippen molar-refractivity contribution in [1.29, 1.82) is 0 Å². The smallest absolute Gasteiger partial charge is 0.264 e. The maximum absolute atomic E-state index is 13.4. The van der Waals surface area contributed by atoms with Gasteiger partial charge in [-0.25, -0.2) is 0 Å². The number of carbonyl (C=O) groups is 2. The first kappa shape index (κ1) is 22.7. The standard InChI is InChI=1S/C28H29NO4/c1-18-9-5-8-12-26(18)33-14-13-29-24-11-7-6-10-23(24)28(32,27(29)31)17-25(30)22-16-20(3)19(2)15-21(22)4/h5-12,15-16,32H,13-14,17H2,1-4H3. The van der Waals surface area contributed by atoms with Crippen molar-refractivity contribution in [1.82, 2.24) is 0 Å². The molecule has 5 nitrogen and oxygen atoms in total. The van der Waals surface area contributed by atoms with Crippen LogP contribution in [0.4, 0.5) is 5.69 Å². The quantitative estimate of drug-likeness (QED) is 0.533. The molecule has 0 spiro atoms. The van der Waals surface area contributed by atoms with E-state index in [1.807, 2.05) is 70.2 Å². The molecule has 0 aliphatic carbocycles. The maximum atomic E-state index is 13.4. The van der Waals surface area contributed by atoms with Crippen LogP contribution in [-0.2, 0) is 10.4 Å². The lowest BCUT2D eigenvalue weighted by Gasteiger charge is -2.23. The molecule has 1 atom stereocenters. The first-order chi connectivity index (χ1) is 15.7. The zero-order valence-corrected chi connectivity index (χ0v) is 19.5. The Morgan fingerprint density at radius 3 is 2.33 bits per heavy atom. The number of anilines is 1. The molecule has 4 rings (SSSR count). The summed E-state index contributed by atoms with van der Waals surface area (Å²) < 4.78 is 5.88. The van der Waals surface area contributed by atoms with Gasteiger partial charge in [-0.05, 0) is 68.1 Å². The van der Waals surface area contributed by atoms with E-state index in [1.165, 1.54) is 4.90 Å². The second-order valence-electron chi connectivity index (χ2n) is 8.80. The second kappa shape index (κ2) is 8.83. The van der Waals surface area contributed by atoms with Crippen LogP contribution in [0.25, 0.3) is 0 Å². The average Bonchev–Trinajstić information content (AvgIpc) is 2.99. The molecule has 1 heterocycles. The van der Waals surface area contributed by atoms with Crippen LogP contribution in [0.1, 0.15) is 44.6 Å². The number of aliphatic hydroxyl groups is 1. The summed E-state index contributed by atoms with van der Waals surface area (Å²) in [5, 5.41) is 11.5. The Bertz CT molecular complexity index is 1230. The topological polar surface area (TPSA) is 66.8 Å². The highest BCUT2D eigenvalue weighted by Crippen LogP contribution is 2.43. The molecule has 1 N–H and O–H groups in total. The molecule has 1 amide bonds. The lowest BCUT2D eigenvalue weighted by atomic mass is 9.86. The summed E-state index contributed by atoms with van der Waals surface area (Å²) in [6.45, 7) is 8.33. The first-order valence-electron chi connectivity index (χ1n) is 11.2. The molecule has 0 saturated heterocycles. The molecule has 0 aromatic heterocycles. The van der Waals surface area contributed by atoms with Gasteiger partial charge in [0.1, 0.15) is 12.4 Å². The number of ketones is 1. The van der Waals surface area contributed by atoms with Gasteiger partial charge in [-0.15, -0.1) is 0 Å². The molecule has 33 heavy (non-hydrogen) atoms. The Kier molecular flexibility index (Phi) is 6.09. The van der Waals surface area contributed by atoms with Crippen LogP contribution >= 0.6 is 0 Å². The lowest BCUT2D eigenvalue weighted by Crippen LogP contribution is -2.43. The summed E-state index contributed by atoms with van der Waals surface area (Å²) in [6.07, 6.45) is -0.304. The monoisotopic (exact) mass is 443 g/mol. The van der Waals surface area contributed by atoms with Crippen molar-refractivity contribution < 1.29 is 19.4 Å². The molecule has 1 aliphatic rings. The van der Waals surface area contributed by atoms with Gasteiger partial charge in [0.05, 0.1) is 18.7 Å². The number of Topliss-reactive ketones (excluding diaryl/α,β-unsaturated/α-hetero) is 1. The molecule has 3 aromatic rings. The summed E-state index contributed by atoms with van der Waals surface area (Å²) in [6, 6.07) is 18.6. The number of hydrogen-bond donors (Lipinski definition) is 1. The SMILES string of the molecule is Cc1cc(C)c(C(=O)CC2(O)C(=O)N(CCOc3ccccc3C)c3ccccc32)cc1C. The van der Waals surface area contributed by atoms with E-state index in [4.69, 9.17) is 4.74 Å². The zero-order valence-electron chi connectivity index (χ0n) is 19.5. The van der Waals surface area contributed by atoms with Gasteiger partial charge in [-0.3, -0.25) is 9.59 Å². The highest BCUT2D eigenvalue weighted by molar-refractivity contribution is 6.11. The number of amides is 1. The average molecular weight is 444 g/mol. The van der Waals surface area contributed by atoms with E-state index in [0.29, 0.717) is 16.8 Å². The third kappa shape index (κ3) is 4.16. The Balaban J connectivity index is 1.57. The Labute approximate surface area is 194 Å². The number of rotatable bonds is 7. The van der Waals surface area contributed by atoms with E-state index in [0.717, 1.165) is 28.0 Å². The Morgan fingerprint density at radius 2 is 1.58 bits per heavy atom. The van der Waals surface area contributed by atoms with Gasteiger partial charge in [-0.1, -0.05) is 42.5 Å². The predicted molar refractivity (Wildman–Crippen MR) is 129 cm³/mol. The van der Waals surface area contributed by atoms with Crippen LogP contribution in [0.15, 0.2) is 60.7 Å². The van der Waals surface area contributed by atoms with Crippen LogP contribution in [0.5, 0.6) is 5.75 Å². The van der Waals surface area contributed by atoms with Crippen LogP contribution in [-0.4, -0.2) is 29.9 Å². The summed E-state index contributed by atoms with van der Waals surface area (Å²) in [5.41, 5.74) is 3.67. The molecule has 0 fully saturated rings. The minimum Gasteiger partial charge on any atom is -0.491 e. The largest absolute Gasteiger partial charge is 0.491 e. The molecule has 1 aliphatic heterocycles. The number of benzene rings is 3. The van der Waals surface area contributed by atoms with Gasteiger partial charge >= 0.3 is 0 Å². The van der Waals surface area contributed by atoms with Gasteiger partial charge in [0.2, 0.25) is 0 Å². The minimum absolute atomic E-state index is 0.251. The van der Waals surface area contributed by atoms with Gasteiger partial charge in [-0.2, -0.15) is 0 Å². The molecular formula is C28H29NO4. The van der Waals surface area contributed by atoms with E-state index in [9.17, 15) is 14.7 Å². The third-order valence-electron chi connectivity index (χ3n) is 6.46. The summed E-state index contributed by atoms with van der Waals surface area (Å²) in [5.74, 6) is 0.0132. The van der Waals surface area contributed by atoms with E-state index in [1.54, 1.807) is 18.2 Å². The highest BCUT2D eigenvalue weighted by atomic mass is 16.5. The van der Waals surface area contributed by atoms with Gasteiger partial charge in [0.25, 0.3) is 5.91 Å². The van der Waals surface area contributed by atoms with Crippen molar-refractivity contribution in [2.45, 2.75) is 39.7 Å². The predicted octanol–water partition coefficient (Wildman–Crippen LogP) is 4.81. The van der Waals surface area contributed by atoms with Gasteiger partial charge in [0.15, 0.2) is 11.4 Å². The van der Waals surface area contributed by atoms with Crippen LogP contribution < -0.4 is 9.64 Å². The van der Waals surface area contributed by atoms with Crippen molar-refractivity contribution in [3.8, 4) is 5.75 Å². The van der Waals surface area contributed by atoms with E-state index >= 15 is 0 Å². The molecular weight excluding hydrogens is 414 g/mol. The van der Waals surface area contributed by atoms with Crippen LogP contribution in [0, 0.1) is 27.7 Å². The Morgan fingerprint density at radius 1 is 0.909 bits per heavy atom. The van der Waals surface area contributed by atoms with Gasteiger partial charge < -0.3 is 14.7 Å². The molecule has 0 radical (unpaired) electrons. The number of para-hydroxylation sites is 2. The fourth-order valence-electron chi connectivity index (χ4n) is 4.45. The van der Waals surface area contributed by atoms with Crippen molar-refractivity contribution in [3.05, 3.63) is 94.0 Å². The first-order valence-corrected chi connectivity index (χ1v) is 11.2. The highest BCUT2D eigenvalue weighted by Gasteiger charge is 2.50. The normalized spacial score (nSPS) is 17.2. The van der Waals surface area contributed by atoms with E-state index in [2.05, 4.69) is 0 Å². The van der Waals surface area contributed by atoms with Gasteiger partial charge in [0, 0.05) is 11.1 Å². The van der Waals surface area contributed by atoms with Crippen molar-refractivity contribution >= 4 is 17.4 Å². The summed E-state index contributed by atoms with van der Waals surface area (Å²) >= 11 is 0. The lowest BCUT2D eigenvalue weighted by molar-refractivity contribution is -0.135. The Hall–Kier alpha value is -3.44. The fraction of sp³-hybridized carbons (Fsp3) is 0.286. The molecule has 0 saturated carbocycles. The van der Waals surface area contributed by atoms with E-state index < -0.39 is 11.5 Å². The molecule has 170 valence electrons. The summed E-state index contributed by atoms with van der Waals surface area (Å²) in [7, 11) is 0. The maximum Gasteiger partial charge on any atom is 0.264 e. The zero-order chi connectivity index (χ0) is 23.8. The van der Waals surface area contributed by atoms with Crippen molar-refractivity contribution in [2.24, 2.45) is 0 Å². The molecule has 1 unspecified atom stereocenters. The molecule has 0 bridgehead atoms. The molecule has 5 heteroatoms. The fourth-order valence-corrected chi connectivity index (χ4v) is 4.45. The minimum atomic E-state index is -1.90. The van der Waals surface area contributed by atoms with Crippen molar-refractivity contribution in [3.63, 3.8) is 0 Å². The van der Waals surface area contributed by atoms with Crippen LogP contribution in [0.3, 0.4) is 0 Å². The number of hydrogen-bond acceptors (Lipinski definition) is 4. The second-order valence-corrected chi connectivity index (χ2v) is 8.80. The summed E-state index contributed by atoms with van der Waals surface area (Å²) in [4.78, 5) is 28.2. The molecule has 3 aromatic carbocycles. The third-order valence-corrected chi connectivity index (χ3v) is 6.46. The van der Waals surface area contributed by atoms with Crippen molar-refractivity contribution in [2.75, 3.05) is 18.1 Å². The number of carbonyl (C=O) groups excluding carboxylic acids is 2. The number of aryl methyl sites for hydroxylation is 4. The number of fused-ring (bicyclic) bond motifs is 1.